The van der Waals surface area contributed by atoms with Gasteiger partial charge in [-0.15, -0.1) is 5.10 Å². The van der Waals surface area contributed by atoms with E-state index in [4.69, 9.17) is 33.2 Å². The lowest BCUT2D eigenvalue weighted by molar-refractivity contribution is -0.114. The number of rotatable bonds is 7. The van der Waals surface area contributed by atoms with Crippen LogP contribution in [0.1, 0.15) is 26.8 Å². The Morgan fingerprint density at radius 1 is 1.28 bits per heavy atom. The molecule has 0 spiro atoms. The number of nitrogens with one attached hydrogen (secondary N) is 2. The maximum Gasteiger partial charge on any atom is 0.414 e. The fourth-order valence-electron chi connectivity index (χ4n) is 2.22. The lowest BCUT2D eigenvalue weighted by Gasteiger charge is -2.13. The second kappa shape index (κ2) is 11.1. The Morgan fingerprint density at radius 3 is 2.50 bits per heavy atom. The summed E-state index contributed by atoms with van der Waals surface area (Å²) in [6, 6.07) is 6.81. The summed E-state index contributed by atoms with van der Waals surface area (Å²) < 4.78 is 11.4. The summed E-state index contributed by atoms with van der Waals surface area (Å²) in [7, 11) is 0. The van der Waals surface area contributed by atoms with E-state index in [9.17, 15) is 14.4 Å². The van der Waals surface area contributed by atoms with Crippen molar-refractivity contribution < 1.29 is 19.1 Å². The van der Waals surface area contributed by atoms with Crippen LogP contribution in [0.25, 0.3) is 0 Å². The monoisotopic (exact) mass is 480 g/mol. The minimum Gasteiger partial charge on any atom is -0.450 e. The van der Waals surface area contributed by atoms with Gasteiger partial charge in [-0.05, 0) is 32.9 Å². The predicted molar refractivity (Wildman–Crippen MR) is 117 cm³/mol. The molecule has 0 saturated heterocycles. The van der Waals surface area contributed by atoms with E-state index in [1.165, 1.54) is 28.9 Å². The van der Waals surface area contributed by atoms with Gasteiger partial charge in [-0.2, -0.15) is 10.4 Å². The molecule has 2 rings (SSSR count). The number of anilines is 1. The van der Waals surface area contributed by atoms with E-state index in [-0.39, 0.29) is 45.6 Å². The van der Waals surface area contributed by atoms with Gasteiger partial charge in [0.15, 0.2) is 5.75 Å². The highest BCUT2D eigenvalue weighted by Gasteiger charge is 2.17. The number of halogens is 2. The molecule has 168 valence electrons. The number of ether oxygens (including phenoxy) is 2. The first-order valence-corrected chi connectivity index (χ1v) is 9.90. The van der Waals surface area contributed by atoms with Crippen LogP contribution in [0.15, 0.2) is 34.2 Å². The summed E-state index contributed by atoms with van der Waals surface area (Å²) in [6.07, 6.45) is -1.01. The third-order valence-electron chi connectivity index (χ3n) is 3.60. The van der Waals surface area contributed by atoms with Crippen molar-refractivity contribution in [2.45, 2.75) is 26.8 Å². The van der Waals surface area contributed by atoms with Gasteiger partial charge in [-0.25, -0.2) is 9.48 Å². The van der Waals surface area contributed by atoms with Crippen LogP contribution in [0.4, 0.5) is 10.5 Å². The minimum atomic E-state index is -1.05. The second-order valence-electron chi connectivity index (χ2n) is 6.28. The normalized spacial score (nSPS) is 11.0. The number of imide groups is 1. The largest absolute Gasteiger partial charge is 0.450 e. The first kappa shape index (κ1) is 24.6. The zero-order valence-electron chi connectivity index (χ0n) is 17.2. The van der Waals surface area contributed by atoms with Crippen molar-refractivity contribution in [3.8, 4) is 17.7 Å². The molecule has 1 aromatic heterocycles. The van der Waals surface area contributed by atoms with Crippen LogP contribution in [0, 0.1) is 11.3 Å². The first-order chi connectivity index (χ1) is 15.2. The van der Waals surface area contributed by atoms with Gasteiger partial charge in [0.1, 0.15) is 6.07 Å². The fourth-order valence-corrected chi connectivity index (χ4v) is 2.79. The Balaban J connectivity index is 2.20. The average molecular weight is 481 g/mol. The minimum absolute atomic E-state index is 0.0514. The molecule has 0 unspecified atom stereocenters. The number of hydrazone groups is 1. The lowest BCUT2D eigenvalue weighted by Crippen LogP contribution is -2.36. The topological polar surface area (TPSA) is 148 Å². The molecule has 2 aromatic rings. The zero-order chi connectivity index (χ0) is 23.8. The molecule has 0 aliphatic heterocycles. The van der Waals surface area contributed by atoms with Crippen LogP contribution in [-0.4, -0.2) is 34.1 Å². The summed E-state index contributed by atoms with van der Waals surface area (Å²) in [4.78, 5) is 35.0. The van der Waals surface area contributed by atoms with Crippen molar-refractivity contribution in [1.82, 2.24) is 15.1 Å². The fraction of sp³-hybridized carbons (Fsp3) is 0.263. The van der Waals surface area contributed by atoms with Gasteiger partial charge in [0.05, 0.1) is 28.4 Å². The number of nitriles is 1. The SMILES string of the molecule is CCOC(=O)NC(=O)C(C#N)=NNc1cc(Cl)c(Oc2ccc(=O)n(C(C)C)n2)c(Cl)c1. The molecule has 13 heteroatoms. The van der Waals surface area contributed by atoms with E-state index in [1.54, 1.807) is 26.8 Å². The molecule has 0 radical (unpaired) electrons. The number of nitrogens with zero attached hydrogens (tertiary/aromatic N) is 4. The third-order valence-corrected chi connectivity index (χ3v) is 4.16. The number of aromatic nitrogens is 2. The van der Waals surface area contributed by atoms with E-state index >= 15 is 0 Å². The second-order valence-corrected chi connectivity index (χ2v) is 7.09. The van der Waals surface area contributed by atoms with Gasteiger partial charge in [0.25, 0.3) is 11.5 Å². The molecule has 0 fully saturated rings. The van der Waals surface area contributed by atoms with E-state index in [0.29, 0.717) is 0 Å². The number of benzene rings is 1. The molecule has 0 saturated carbocycles. The molecule has 0 aliphatic rings. The number of alkyl carbamates (subject to hydrolysis) is 1. The van der Waals surface area contributed by atoms with Crippen molar-refractivity contribution >= 4 is 46.6 Å². The Kier molecular flexibility index (Phi) is 8.57. The maximum atomic E-state index is 11.9. The van der Waals surface area contributed by atoms with Gasteiger partial charge in [0.2, 0.25) is 11.6 Å². The predicted octanol–water partition coefficient (Wildman–Crippen LogP) is 3.49. The molecular formula is C19H18Cl2N6O5. The van der Waals surface area contributed by atoms with Crippen LogP contribution < -0.4 is 21.0 Å². The van der Waals surface area contributed by atoms with Crippen LogP contribution in [0.5, 0.6) is 11.6 Å². The molecule has 0 aliphatic carbocycles. The molecule has 1 heterocycles. The molecule has 1 aromatic carbocycles. The summed E-state index contributed by atoms with van der Waals surface area (Å²) in [5, 5.41) is 18.8. The van der Waals surface area contributed by atoms with Crippen LogP contribution in [0.3, 0.4) is 0 Å². The van der Waals surface area contributed by atoms with Crippen molar-refractivity contribution in [2.75, 3.05) is 12.0 Å². The number of carbonyl (C=O) groups excluding carboxylic acids is 2. The molecule has 0 bridgehead atoms. The first-order valence-electron chi connectivity index (χ1n) is 9.14. The van der Waals surface area contributed by atoms with Gasteiger partial charge in [0, 0.05) is 12.1 Å². The molecule has 11 nitrogen and oxygen atoms in total. The van der Waals surface area contributed by atoms with Gasteiger partial charge in [-0.3, -0.25) is 20.3 Å². The van der Waals surface area contributed by atoms with E-state index in [1.807, 2.05) is 5.32 Å². The summed E-state index contributed by atoms with van der Waals surface area (Å²) in [5.41, 5.74) is 1.76. The summed E-state index contributed by atoms with van der Waals surface area (Å²) in [6.45, 7) is 5.20. The highest BCUT2D eigenvalue weighted by atomic mass is 35.5. The van der Waals surface area contributed by atoms with Gasteiger partial charge in [-0.1, -0.05) is 23.2 Å². The smallest absolute Gasteiger partial charge is 0.414 e. The number of hydrogen-bond acceptors (Lipinski definition) is 9. The van der Waals surface area contributed by atoms with E-state index in [2.05, 4.69) is 20.4 Å². The quantitative estimate of drug-likeness (QED) is 0.451. The van der Waals surface area contributed by atoms with Crippen molar-refractivity contribution in [3.63, 3.8) is 0 Å². The number of hydrogen-bond donors (Lipinski definition) is 2. The molecule has 2 amide bonds. The van der Waals surface area contributed by atoms with Crippen molar-refractivity contribution in [2.24, 2.45) is 5.10 Å². The Morgan fingerprint density at radius 2 is 1.94 bits per heavy atom. The standard InChI is InChI=1S/C19H18Cl2N6O5/c1-4-31-19(30)23-18(29)14(9-22)25-24-11-7-12(20)17(13(21)8-11)32-15-5-6-16(28)27(26-15)10(2)3/h5-8,10,24H,4H2,1-3H3,(H,23,29,30). The average Bonchev–Trinajstić information content (AvgIpc) is 2.72. The Hall–Kier alpha value is -3.62. The van der Waals surface area contributed by atoms with Crippen LogP contribution in [0.2, 0.25) is 10.0 Å². The highest BCUT2D eigenvalue weighted by Crippen LogP contribution is 2.38. The van der Waals surface area contributed by atoms with Crippen LogP contribution >= 0.6 is 23.2 Å². The lowest BCUT2D eigenvalue weighted by atomic mass is 10.3. The Bertz CT molecular complexity index is 1130. The third kappa shape index (κ3) is 6.44. The molecule has 0 atom stereocenters. The maximum absolute atomic E-state index is 11.9. The Labute approximate surface area is 192 Å². The molecule has 32 heavy (non-hydrogen) atoms. The van der Waals surface area contributed by atoms with Crippen molar-refractivity contribution in [1.29, 1.82) is 5.26 Å². The molecule has 2 N–H and O–H groups in total. The van der Waals surface area contributed by atoms with E-state index < -0.39 is 17.7 Å². The van der Waals surface area contributed by atoms with Crippen molar-refractivity contribution in [3.05, 3.63) is 44.7 Å². The van der Waals surface area contributed by atoms with Gasteiger partial charge >= 0.3 is 6.09 Å². The summed E-state index contributed by atoms with van der Waals surface area (Å²) >= 11 is 12.5. The summed E-state index contributed by atoms with van der Waals surface area (Å²) in [5.74, 6) is -0.880. The number of amides is 2. The van der Waals surface area contributed by atoms with Gasteiger partial charge < -0.3 is 9.47 Å². The zero-order valence-corrected chi connectivity index (χ0v) is 18.7. The number of carbonyl (C=O) groups is 2. The van der Waals surface area contributed by atoms with E-state index in [0.717, 1.165) is 0 Å². The highest BCUT2D eigenvalue weighted by molar-refractivity contribution is 6.47. The molecular weight excluding hydrogens is 463 g/mol. The van der Waals surface area contributed by atoms with Crippen LogP contribution in [-0.2, 0) is 9.53 Å².